The summed E-state index contributed by atoms with van der Waals surface area (Å²) >= 11 is -2.69. The molecule has 7 nitrogen and oxygen atoms in total. The average Bonchev–Trinajstić information content (AvgIpc) is 2.95. The maximum absolute atomic E-state index is 12.0. The smallest absolute Gasteiger partial charge is 0.267 e. The van der Waals surface area contributed by atoms with E-state index in [9.17, 15) is 13.6 Å². The summed E-state index contributed by atoms with van der Waals surface area (Å²) in [6.07, 6.45) is 4.05. The molecule has 2 atom stereocenters. The second kappa shape index (κ2) is 7.15. The van der Waals surface area contributed by atoms with Crippen molar-refractivity contribution in [3.63, 3.8) is 0 Å². The Bertz CT molecular complexity index is 817. The normalized spacial score (nSPS) is 16.5. The molecule has 0 radical (unpaired) electrons. The lowest BCUT2D eigenvalue weighted by Gasteiger charge is -2.35. The number of carbonyl (C=O) groups excluding carboxylic acids is 1. The number of fused-ring (bicyclic) bond motifs is 3. The number of amides is 1. The number of benzene rings is 1. The first-order chi connectivity index (χ1) is 11.9. The largest absolute Gasteiger partial charge is 0.755 e. The molecule has 8 heteroatoms. The zero-order valence-electron chi connectivity index (χ0n) is 14.2. The molecule has 136 valence electrons. The van der Waals surface area contributed by atoms with Gasteiger partial charge in [0.15, 0.2) is 0 Å². The number of carbonyl (C=O) groups is 1. The SMILES string of the molecule is CC(C)C(C(=O)NO)N(c1ccc2c3c(oc2c1)CCCC3)S(=O)[O-]. The first-order valence-electron chi connectivity index (χ1n) is 8.31. The van der Waals surface area contributed by atoms with Crippen molar-refractivity contribution in [3.8, 4) is 0 Å². The lowest BCUT2D eigenvalue weighted by atomic mass is 9.96. The minimum Gasteiger partial charge on any atom is -0.755 e. The number of rotatable bonds is 5. The molecule has 0 fully saturated rings. The second-order valence-corrected chi connectivity index (χ2v) is 7.43. The average molecular weight is 365 g/mol. The third-order valence-corrected chi connectivity index (χ3v) is 5.38. The highest BCUT2D eigenvalue weighted by molar-refractivity contribution is 7.80. The fourth-order valence-corrected chi connectivity index (χ4v) is 4.29. The van der Waals surface area contributed by atoms with Crippen molar-refractivity contribution in [1.29, 1.82) is 0 Å². The molecule has 1 aliphatic rings. The number of hydrogen-bond donors (Lipinski definition) is 2. The quantitative estimate of drug-likeness (QED) is 0.481. The van der Waals surface area contributed by atoms with E-state index in [1.165, 1.54) is 5.56 Å². The minimum atomic E-state index is -2.69. The lowest BCUT2D eigenvalue weighted by molar-refractivity contribution is -0.131. The second-order valence-electron chi connectivity index (χ2n) is 6.60. The molecule has 1 aromatic carbocycles. The third kappa shape index (κ3) is 3.29. The van der Waals surface area contributed by atoms with Crippen molar-refractivity contribution in [3.05, 3.63) is 29.5 Å². The number of nitrogens with one attached hydrogen (secondary N) is 1. The molecule has 0 aliphatic heterocycles. The highest BCUT2D eigenvalue weighted by Gasteiger charge is 2.31. The number of furan rings is 1. The maximum atomic E-state index is 12.0. The van der Waals surface area contributed by atoms with Crippen LogP contribution in [-0.4, -0.2) is 25.9 Å². The van der Waals surface area contributed by atoms with Gasteiger partial charge in [-0.1, -0.05) is 13.8 Å². The summed E-state index contributed by atoms with van der Waals surface area (Å²) in [7, 11) is 0. The first-order valence-corrected chi connectivity index (χ1v) is 9.34. The van der Waals surface area contributed by atoms with Gasteiger partial charge in [0.25, 0.3) is 5.91 Å². The molecule has 3 rings (SSSR count). The number of anilines is 1. The number of hydrogen-bond acceptors (Lipinski definition) is 5. The molecule has 0 spiro atoms. The predicted octanol–water partition coefficient (Wildman–Crippen LogP) is 2.44. The van der Waals surface area contributed by atoms with Crippen LogP contribution in [0.25, 0.3) is 11.0 Å². The Morgan fingerprint density at radius 3 is 2.72 bits per heavy atom. The van der Waals surface area contributed by atoms with Crippen LogP contribution in [0.1, 0.15) is 38.0 Å². The van der Waals surface area contributed by atoms with Crippen LogP contribution in [-0.2, 0) is 28.9 Å². The standard InChI is InChI=1S/C17H22N2O5S/c1-10(2)16(17(20)18-21)19(25(22)23)11-7-8-13-12-5-3-4-6-14(12)24-15(13)9-11/h7-10,16,21H,3-6H2,1-2H3,(H,18,20)(H,22,23)/p-1. The van der Waals surface area contributed by atoms with E-state index in [-0.39, 0.29) is 5.92 Å². The van der Waals surface area contributed by atoms with E-state index in [0.717, 1.165) is 41.1 Å². The van der Waals surface area contributed by atoms with E-state index < -0.39 is 23.2 Å². The van der Waals surface area contributed by atoms with Crippen molar-refractivity contribution >= 4 is 33.8 Å². The summed E-state index contributed by atoms with van der Waals surface area (Å²) in [5, 5.41) is 9.96. The van der Waals surface area contributed by atoms with Gasteiger partial charge in [-0.2, -0.15) is 0 Å². The van der Waals surface area contributed by atoms with E-state index in [0.29, 0.717) is 11.3 Å². The maximum Gasteiger partial charge on any atom is 0.267 e. The molecule has 25 heavy (non-hydrogen) atoms. The van der Waals surface area contributed by atoms with Crippen LogP contribution < -0.4 is 9.79 Å². The Hall–Kier alpha value is -1.90. The van der Waals surface area contributed by atoms with Gasteiger partial charge in [-0.05, 0) is 37.3 Å². The van der Waals surface area contributed by atoms with Crippen molar-refractivity contribution < 1.29 is 23.2 Å². The lowest BCUT2D eigenvalue weighted by Crippen LogP contribution is -2.50. The fourth-order valence-electron chi connectivity index (χ4n) is 3.48. The molecule has 2 aromatic rings. The van der Waals surface area contributed by atoms with Crippen molar-refractivity contribution in [1.82, 2.24) is 5.48 Å². The van der Waals surface area contributed by atoms with Gasteiger partial charge in [-0.15, -0.1) is 0 Å². The summed E-state index contributed by atoms with van der Waals surface area (Å²) in [5.74, 6) is -0.162. The highest BCUT2D eigenvalue weighted by atomic mass is 32.2. The van der Waals surface area contributed by atoms with Crippen molar-refractivity contribution in [2.45, 2.75) is 45.6 Å². The molecule has 1 heterocycles. The Kier molecular flexibility index (Phi) is 5.12. The van der Waals surface area contributed by atoms with Gasteiger partial charge in [0.1, 0.15) is 17.4 Å². The van der Waals surface area contributed by atoms with Gasteiger partial charge in [-0.25, -0.2) is 5.48 Å². The summed E-state index contributed by atoms with van der Waals surface area (Å²) in [5.41, 5.74) is 3.69. The van der Waals surface area contributed by atoms with Crippen LogP contribution in [0, 0.1) is 5.92 Å². The molecule has 0 saturated heterocycles. The van der Waals surface area contributed by atoms with Gasteiger partial charge in [0, 0.05) is 34.7 Å². The number of hydroxylamine groups is 1. The molecule has 1 aromatic heterocycles. The highest BCUT2D eigenvalue weighted by Crippen LogP contribution is 2.35. The number of nitrogens with zero attached hydrogens (tertiary/aromatic N) is 1. The van der Waals surface area contributed by atoms with Gasteiger partial charge in [0.05, 0.1) is 5.69 Å². The molecular weight excluding hydrogens is 344 g/mol. The zero-order valence-corrected chi connectivity index (χ0v) is 15.0. The Morgan fingerprint density at radius 2 is 2.08 bits per heavy atom. The van der Waals surface area contributed by atoms with Crippen molar-refractivity contribution in [2.75, 3.05) is 4.31 Å². The van der Waals surface area contributed by atoms with E-state index in [1.54, 1.807) is 31.5 Å². The Balaban J connectivity index is 2.07. The summed E-state index contributed by atoms with van der Waals surface area (Å²) in [4.78, 5) is 12.0. The Morgan fingerprint density at radius 1 is 1.36 bits per heavy atom. The van der Waals surface area contributed by atoms with Crippen LogP contribution in [0.3, 0.4) is 0 Å². The summed E-state index contributed by atoms with van der Waals surface area (Å²) in [6, 6.07) is 4.09. The monoisotopic (exact) mass is 365 g/mol. The zero-order chi connectivity index (χ0) is 18.1. The third-order valence-electron chi connectivity index (χ3n) is 4.62. The van der Waals surface area contributed by atoms with Crippen LogP contribution in [0.15, 0.2) is 22.6 Å². The predicted molar refractivity (Wildman–Crippen MR) is 92.8 cm³/mol. The van der Waals surface area contributed by atoms with E-state index >= 15 is 0 Å². The minimum absolute atomic E-state index is 0.328. The van der Waals surface area contributed by atoms with Crippen LogP contribution in [0.2, 0.25) is 0 Å². The summed E-state index contributed by atoms with van der Waals surface area (Å²) < 4.78 is 30.5. The van der Waals surface area contributed by atoms with Crippen LogP contribution in [0.5, 0.6) is 0 Å². The van der Waals surface area contributed by atoms with E-state index in [4.69, 9.17) is 9.62 Å². The topological polar surface area (TPSA) is 106 Å². The number of aryl methyl sites for hydroxylation is 2. The van der Waals surface area contributed by atoms with Gasteiger partial charge in [-0.3, -0.25) is 18.5 Å². The first kappa shape index (κ1) is 17.9. The molecule has 1 aliphatic carbocycles. The van der Waals surface area contributed by atoms with Crippen molar-refractivity contribution in [2.24, 2.45) is 5.92 Å². The van der Waals surface area contributed by atoms with Gasteiger partial charge >= 0.3 is 0 Å². The fraction of sp³-hybridized carbons (Fsp3) is 0.471. The van der Waals surface area contributed by atoms with Gasteiger partial charge < -0.3 is 8.97 Å². The van der Waals surface area contributed by atoms with E-state index in [1.807, 2.05) is 6.07 Å². The van der Waals surface area contributed by atoms with E-state index in [2.05, 4.69) is 0 Å². The van der Waals surface area contributed by atoms with Gasteiger partial charge in [0.2, 0.25) is 0 Å². The van der Waals surface area contributed by atoms with Crippen LogP contribution in [0.4, 0.5) is 5.69 Å². The molecule has 0 bridgehead atoms. The molecule has 2 unspecified atom stereocenters. The van der Waals surface area contributed by atoms with Crippen LogP contribution >= 0.6 is 0 Å². The summed E-state index contributed by atoms with van der Waals surface area (Å²) in [6.45, 7) is 3.42. The molecule has 2 N–H and O–H groups in total. The molecule has 1 amide bonds. The molecular formula is C17H21N2O5S-. The molecule has 0 saturated carbocycles. The Labute approximate surface area is 148 Å².